The number of amides is 1. The molecule has 4 rings (SSSR count). The number of hydrogen-bond donors (Lipinski definition) is 1. The second-order valence-electron chi connectivity index (χ2n) is 7.56. The summed E-state index contributed by atoms with van der Waals surface area (Å²) in [5.41, 5.74) is 4.64. The molecular formula is C25H22N2O3. The maximum Gasteiger partial charge on any atom is 0.313 e. The number of hydrogen-bond acceptors (Lipinski definition) is 3. The summed E-state index contributed by atoms with van der Waals surface area (Å²) in [7, 11) is 0. The van der Waals surface area contributed by atoms with Gasteiger partial charge in [-0.25, -0.2) is 5.01 Å². The Kier molecular flexibility index (Phi) is 5.19. The summed E-state index contributed by atoms with van der Waals surface area (Å²) in [6.45, 7) is 3.96. The van der Waals surface area contributed by atoms with Crippen LogP contribution in [-0.2, 0) is 4.79 Å². The van der Waals surface area contributed by atoms with Crippen molar-refractivity contribution in [3.05, 3.63) is 106 Å². The van der Waals surface area contributed by atoms with E-state index in [2.05, 4.69) is 5.10 Å². The first-order valence-electron chi connectivity index (χ1n) is 9.78. The largest absolute Gasteiger partial charge is 0.481 e. The number of carboxylic acid groups (broad SMARTS) is 1. The van der Waals surface area contributed by atoms with E-state index in [4.69, 9.17) is 0 Å². The molecule has 1 aliphatic heterocycles. The molecule has 3 aromatic carbocycles. The third-order valence-electron chi connectivity index (χ3n) is 5.41. The molecule has 0 fully saturated rings. The molecule has 0 aromatic heterocycles. The fourth-order valence-corrected chi connectivity index (χ4v) is 3.79. The van der Waals surface area contributed by atoms with Crippen molar-refractivity contribution in [1.82, 2.24) is 5.01 Å². The molecule has 1 aliphatic rings. The molecule has 0 saturated heterocycles. The molecule has 0 unspecified atom stereocenters. The molecule has 0 spiro atoms. The second-order valence-corrected chi connectivity index (χ2v) is 7.56. The summed E-state index contributed by atoms with van der Waals surface area (Å²) in [4.78, 5) is 25.7. The van der Waals surface area contributed by atoms with Gasteiger partial charge in [-0.2, -0.15) is 5.10 Å². The van der Waals surface area contributed by atoms with Crippen molar-refractivity contribution in [2.75, 3.05) is 0 Å². The first-order chi connectivity index (χ1) is 14.5. The Labute approximate surface area is 175 Å². The molecule has 5 nitrogen and oxygen atoms in total. The van der Waals surface area contributed by atoms with Crippen molar-refractivity contribution in [3.8, 4) is 0 Å². The summed E-state index contributed by atoms with van der Waals surface area (Å²) >= 11 is 0. The molecule has 0 radical (unpaired) electrons. The predicted octanol–water partition coefficient (Wildman–Crippen LogP) is 4.70. The van der Waals surface area contributed by atoms with Gasteiger partial charge in [0.15, 0.2) is 0 Å². The summed E-state index contributed by atoms with van der Waals surface area (Å²) in [5, 5.41) is 15.9. The molecule has 150 valence electrons. The van der Waals surface area contributed by atoms with Gasteiger partial charge in [0.05, 0.1) is 12.3 Å². The van der Waals surface area contributed by atoms with Gasteiger partial charge in [0.25, 0.3) is 5.91 Å². The van der Waals surface area contributed by atoms with Crippen LogP contribution in [0.2, 0.25) is 0 Å². The van der Waals surface area contributed by atoms with Gasteiger partial charge in [-0.1, -0.05) is 77.9 Å². The van der Waals surface area contributed by atoms with Crippen LogP contribution in [0.3, 0.4) is 0 Å². The van der Waals surface area contributed by atoms with Crippen LogP contribution in [0.1, 0.15) is 50.1 Å². The number of nitrogens with zero attached hydrogens (tertiary/aromatic N) is 2. The zero-order chi connectivity index (χ0) is 21.3. The molecule has 2 atom stereocenters. The summed E-state index contributed by atoms with van der Waals surface area (Å²) in [5.74, 6) is -2.22. The van der Waals surface area contributed by atoms with E-state index in [0.29, 0.717) is 11.1 Å². The number of carbonyl (C=O) groups is 2. The van der Waals surface area contributed by atoms with E-state index in [1.165, 1.54) is 5.01 Å². The average molecular weight is 398 g/mol. The Hall–Kier alpha value is -3.73. The van der Waals surface area contributed by atoms with E-state index in [9.17, 15) is 14.7 Å². The van der Waals surface area contributed by atoms with Gasteiger partial charge in [-0.05, 0) is 36.6 Å². The first-order valence-corrected chi connectivity index (χ1v) is 9.78. The van der Waals surface area contributed by atoms with Crippen LogP contribution in [0.15, 0.2) is 77.9 Å². The SMILES string of the molecule is Cc1ccc(/C=N/N2C(=O)c3ccccc3[C@H](C(=O)O)[C@@H]2c2ccc(C)cc2)cc1. The highest BCUT2D eigenvalue weighted by molar-refractivity contribution is 6.00. The van der Waals surface area contributed by atoms with Crippen molar-refractivity contribution in [1.29, 1.82) is 0 Å². The van der Waals surface area contributed by atoms with Crippen molar-refractivity contribution < 1.29 is 14.7 Å². The van der Waals surface area contributed by atoms with Gasteiger partial charge in [0.2, 0.25) is 0 Å². The second kappa shape index (κ2) is 7.95. The highest BCUT2D eigenvalue weighted by Gasteiger charge is 2.44. The lowest BCUT2D eigenvalue weighted by atomic mass is 9.80. The van der Waals surface area contributed by atoms with Crippen LogP contribution in [0.4, 0.5) is 0 Å². The smallest absolute Gasteiger partial charge is 0.313 e. The number of fused-ring (bicyclic) bond motifs is 1. The predicted molar refractivity (Wildman–Crippen MR) is 116 cm³/mol. The minimum Gasteiger partial charge on any atom is -0.481 e. The summed E-state index contributed by atoms with van der Waals surface area (Å²) < 4.78 is 0. The fraction of sp³-hybridized carbons (Fsp3) is 0.160. The van der Waals surface area contributed by atoms with Gasteiger partial charge in [-0.3, -0.25) is 9.59 Å². The van der Waals surface area contributed by atoms with Gasteiger partial charge >= 0.3 is 5.97 Å². The van der Waals surface area contributed by atoms with Crippen molar-refractivity contribution in [3.63, 3.8) is 0 Å². The van der Waals surface area contributed by atoms with Gasteiger partial charge in [0.1, 0.15) is 5.92 Å². The molecular weight excluding hydrogens is 376 g/mol. The lowest BCUT2D eigenvalue weighted by Crippen LogP contribution is -2.42. The van der Waals surface area contributed by atoms with Crippen molar-refractivity contribution in [2.24, 2.45) is 5.10 Å². The van der Waals surface area contributed by atoms with E-state index < -0.39 is 17.9 Å². The Morgan fingerprint density at radius 3 is 2.17 bits per heavy atom. The third kappa shape index (κ3) is 3.62. The maximum atomic E-state index is 13.3. The Bertz CT molecular complexity index is 1120. The van der Waals surface area contributed by atoms with Gasteiger partial charge in [-0.15, -0.1) is 0 Å². The molecule has 1 amide bonds. The number of carboxylic acids is 1. The third-order valence-corrected chi connectivity index (χ3v) is 5.41. The zero-order valence-electron chi connectivity index (χ0n) is 16.8. The van der Waals surface area contributed by atoms with Gasteiger partial charge < -0.3 is 5.11 Å². The number of aliphatic carboxylic acids is 1. The molecule has 0 saturated carbocycles. The minimum atomic E-state index is -0.990. The lowest BCUT2D eigenvalue weighted by molar-refractivity contribution is -0.140. The number of hydrazone groups is 1. The topological polar surface area (TPSA) is 70.0 Å². The van der Waals surface area contributed by atoms with Crippen LogP contribution in [0.25, 0.3) is 0 Å². The van der Waals surface area contributed by atoms with Gasteiger partial charge in [0, 0.05) is 5.56 Å². The Morgan fingerprint density at radius 1 is 0.933 bits per heavy atom. The summed E-state index contributed by atoms with van der Waals surface area (Å²) in [6, 6.07) is 21.5. The summed E-state index contributed by atoms with van der Waals surface area (Å²) in [6.07, 6.45) is 1.60. The Balaban J connectivity index is 1.85. The highest BCUT2D eigenvalue weighted by Crippen LogP contribution is 2.43. The van der Waals surface area contributed by atoms with E-state index in [0.717, 1.165) is 22.3 Å². The van der Waals surface area contributed by atoms with E-state index >= 15 is 0 Å². The molecule has 30 heavy (non-hydrogen) atoms. The molecule has 1 N–H and O–H groups in total. The Morgan fingerprint density at radius 2 is 1.53 bits per heavy atom. The monoisotopic (exact) mass is 398 g/mol. The lowest BCUT2D eigenvalue weighted by Gasteiger charge is -2.37. The number of carbonyl (C=O) groups excluding carboxylic acids is 1. The highest BCUT2D eigenvalue weighted by atomic mass is 16.4. The number of aryl methyl sites for hydroxylation is 2. The van der Waals surface area contributed by atoms with Crippen LogP contribution >= 0.6 is 0 Å². The molecule has 5 heteroatoms. The number of benzene rings is 3. The molecule has 0 bridgehead atoms. The van der Waals surface area contributed by atoms with Crippen molar-refractivity contribution >= 4 is 18.1 Å². The van der Waals surface area contributed by atoms with Crippen LogP contribution in [0.5, 0.6) is 0 Å². The standard InChI is InChI=1S/C25H22N2O3/c1-16-7-11-18(12-8-16)15-26-27-23(19-13-9-17(2)10-14-19)22(25(29)30)20-5-3-4-6-21(20)24(27)28/h3-15,22-23H,1-2H3,(H,29,30)/b26-15+/t22-,23-/m0/s1. The average Bonchev–Trinajstić information content (AvgIpc) is 2.74. The maximum absolute atomic E-state index is 13.3. The quantitative estimate of drug-likeness (QED) is 0.648. The van der Waals surface area contributed by atoms with Crippen LogP contribution in [0, 0.1) is 13.8 Å². The fourth-order valence-electron chi connectivity index (χ4n) is 3.79. The van der Waals surface area contributed by atoms with Crippen LogP contribution < -0.4 is 0 Å². The van der Waals surface area contributed by atoms with E-state index in [-0.39, 0.29) is 5.91 Å². The normalized spacial score (nSPS) is 18.5. The molecule has 0 aliphatic carbocycles. The van der Waals surface area contributed by atoms with Crippen molar-refractivity contribution in [2.45, 2.75) is 25.8 Å². The minimum absolute atomic E-state index is 0.308. The number of rotatable bonds is 4. The molecule has 3 aromatic rings. The van der Waals surface area contributed by atoms with E-state index in [1.807, 2.05) is 62.4 Å². The van der Waals surface area contributed by atoms with Crippen LogP contribution in [-0.4, -0.2) is 28.2 Å². The van der Waals surface area contributed by atoms with E-state index in [1.54, 1.807) is 30.5 Å². The zero-order valence-corrected chi connectivity index (χ0v) is 16.8. The first kappa shape index (κ1) is 19.6. The molecule has 1 heterocycles.